The highest BCUT2D eigenvalue weighted by atomic mass is 79.9. The Bertz CT molecular complexity index is 273. The molecule has 11 heavy (non-hydrogen) atoms. The number of pyridine rings is 1. The van der Waals surface area contributed by atoms with Crippen molar-refractivity contribution < 1.29 is 4.74 Å². The van der Waals surface area contributed by atoms with Crippen molar-refractivity contribution in [3.8, 4) is 5.75 Å². The number of ether oxygens (including phenoxy) is 1. The molecule has 0 fully saturated rings. The van der Waals surface area contributed by atoms with E-state index in [4.69, 9.17) is 4.74 Å². The summed E-state index contributed by atoms with van der Waals surface area (Å²) >= 11 is 3.33. The number of rotatable bonds is 1. The number of nitrogens with zero attached hydrogens (tertiary/aromatic N) is 1. The number of aryl methyl sites for hydroxylation is 1. The molecule has 0 aliphatic heterocycles. The lowest BCUT2D eigenvalue weighted by atomic mass is 10.2. The van der Waals surface area contributed by atoms with Gasteiger partial charge in [0.2, 0.25) is 0 Å². The molecule has 1 heterocycles. The molecular weight excluding hydrogens is 206 g/mol. The van der Waals surface area contributed by atoms with E-state index in [2.05, 4.69) is 20.9 Å². The third-order valence-corrected chi connectivity index (χ3v) is 2.38. The predicted octanol–water partition coefficient (Wildman–Crippen LogP) is 2.47. The summed E-state index contributed by atoms with van der Waals surface area (Å²) in [6.45, 7) is 3.95. The first-order valence-electron chi connectivity index (χ1n) is 3.32. The quantitative estimate of drug-likeness (QED) is 0.672. The highest BCUT2D eigenvalue weighted by Gasteiger charge is 2.05. The molecule has 0 aromatic carbocycles. The second-order valence-corrected chi connectivity index (χ2v) is 3.14. The summed E-state index contributed by atoms with van der Waals surface area (Å²) in [6, 6.07) is 0. The van der Waals surface area contributed by atoms with E-state index in [0.717, 1.165) is 21.5 Å². The minimum Gasteiger partial charge on any atom is -0.496 e. The lowest BCUT2D eigenvalue weighted by Crippen LogP contribution is -1.93. The lowest BCUT2D eigenvalue weighted by molar-refractivity contribution is 0.407. The summed E-state index contributed by atoms with van der Waals surface area (Å²) in [7, 11) is 1.67. The Balaban J connectivity index is 3.29. The molecule has 2 nitrogen and oxygen atoms in total. The normalized spacial score (nSPS) is 9.82. The van der Waals surface area contributed by atoms with Crippen LogP contribution >= 0.6 is 15.9 Å². The topological polar surface area (TPSA) is 22.1 Å². The zero-order chi connectivity index (χ0) is 8.43. The number of hydrogen-bond acceptors (Lipinski definition) is 2. The van der Waals surface area contributed by atoms with Crippen LogP contribution in [0.1, 0.15) is 11.1 Å². The molecular formula is C8H10BrNO. The molecule has 0 bridgehead atoms. The summed E-state index contributed by atoms with van der Waals surface area (Å²) < 4.78 is 6.03. The molecule has 1 aromatic heterocycles. The first-order valence-corrected chi connectivity index (χ1v) is 4.11. The largest absolute Gasteiger partial charge is 0.496 e. The Morgan fingerprint density at radius 1 is 1.45 bits per heavy atom. The highest BCUT2D eigenvalue weighted by Crippen LogP contribution is 2.26. The van der Waals surface area contributed by atoms with Crippen LogP contribution in [0.3, 0.4) is 0 Å². The van der Waals surface area contributed by atoms with Crippen LogP contribution in [0, 0.1) is 13.8 Å². The summed E-state index contributed by atoms with van der Waals surface area (Å²) in [5.74, 6) is 0.909. The molecule has 0 unspecified atom stereocenters. The maximum atomic E-state index is 5.19. The fourth-order valence-corrected chi connectivity index (χ4v) is 1.29. The Morgan fingerprint density at radius 2 is 2.09 bits per heavy atom. The third kappa shape index (κ3) is 1.53. The van der Waals surface area contributed by atoms with Crippen LogP contribution in [0.15, 0.2) is 10.8 Å². The average molecular weight is 216 g/mol. The van der Waals surface area contributed by atoms with E-state index in [1.165, 1.54) is 0 Å². The predicted molar refractivity (Wildman–Crippen MR) is 48.0 cm³/mol. The molecule has 0 saturated heterocycles. The maximum absolute atomic E-state index is 5.19. The first-order chi connectivity index (χ1) is 5.16. The van der Waals surface area contributed by atoms with Crippen LogP contribution in [-0.4, -0.2) is 12.1 Å². The summed E-state index contributed by atoms with van der Waals surface area (Å²) in [6.07, 6.45) is 1.79. The van der Waals surface area contributed by atoms with Gasteiger partial charge in [0.05, 0.1) is 7.11 Å². The van der Waals surface area contributed by atoms with Gasteiger partial charge in [-0.2, -0.15) is 0 Å². The summed E-state index contributed by atoms with van der Waals surface area (Å²) in [5.41, 5.74) is 2.11. The molecule has 0 atom stereocenters. The van der Waals surface area contributed by atoms with Gasteiger partial charge in [0.25, 0.3) is 0 Å². The SMILES string of the molecule is COc1c(C)cnc(Br)c1C. The Hall–Kier alpha value is -0.570. The van der Waals surface area contributed by atoms with E-state index in [0.29, 0.717) is 0 Å². The van der Waals surface area contributed by atoms with Crippen LogP contribution in [0.25, 0.3) is 0 Å². The van der Waals surface area contributed by atoms with Crippen molar-refractivity contribution in [2.75, 3.05) is 7.11 Å². The van der Waals surface area contributed by atoms with Gasteiger partial charge in [-0.05, 0) is 29.8 Å². The number of hydrogen-bond donors (Lipinski definition) is 0. The highest BCUT2D eigenvalue weighted by molar-refractivity contribution is 9.10. The molecule has 0 aliphatic carbocycles. The van der Waals surface area contributed by atoms with Crippen molar-refractivity contribution in [2.45, 2.75) is 13.8 Å². The van der Waals surface area contributed by atoms with E-state index in [1.54, 1.807) is 13.3 Å². The van der Waals surface area contributed by atoms with Gasteiger partial charge in [-0.25, -0.2) is 4.98 Å². The molecule has 60 valence electrons. The lowest BCUT2D eigenvalue weighted by Gasteiger charge is -2.07. The molecule has 0 N–H and O–H groups in total. The Labute approximate surface area is 74.7 Å². The van der Waals surface area contributed by atoms with Gasteiger partial charge in [-0.15, -0.1) is 0 Å². The standard InChI is InChI=1S/C8H10BrNO/c1-5-4-10-8(9)6(2)7(5)11-3/h4H,1-3H3. The third-order valence-electron chi connectivity index (χ3n) is 1.58. The van der Waals surface area contributed by atoms with Gasteiger partial charge in [0.15, 0.2) is 0 Å². The molecule has 0 aliphatic rings. The van der Waals surface area contributed by atoms with E-state index in [9.17, 15) is 0 Å². The van der Waals surface area contributed by atoms with Crippen molar-refractivity contribution in [3.05, 3.63) is 21.9 Å². The van der Waals surface area contributed by atoms with E-state index in [1.807, 2.05) is 13.8 Å². The number of methoxy groups -OCH3 is 1. The monoisotopic (exact) mass is 215 g/mol. The van der Waals surface area contributed by atoms with Crippen molar-refractivity contribution in [2.24, 2.45) is 0 Å². The van der Waals surface area contributed by atoms with Crippen molar-refractivity contribution in [1.82, 2.24) is 4.98 Å². The Kier molecular flexibility index (Phi) is 2.49. The van der Waals surface area contributed by atoms with E-state index in [-0.39, 0.29) is 0 Å². The van der Waals surface area contributed by atoms with Gasteiger partial charge in [0.1, 0.15) is 10.4 Å². The second-order valence-electron chi connectivity index (χ2n) is 2.39. The fraction of sp³-hybridized carbons (Fsp3) is 0.375. The van der Waals surface area contributed by atoms with Crippen LogP contribution in [0.5, 0.6) is 5.75 Å². The molecule has 1 rings (SSSR count). The van der Waals surface area contributed by atoms with Crippen molar-refractivity contribution in [1.29, 1.82) is 0 Å². The smallest absolute Gasteiger partial charge is 0.128 e. The number of halogens is 1. The maximum Gasteiger partial charge on any atom is 0.128 e. The minimum atomic E-state index is 0.847. The van der Waals surface area contributed by atoms with Gasteiger partial charge in [-0.1, -0.05) is 0 Å². The van der Waals surface area contributed by atoms with Crippen LogP contribution < -0.4 is 4.74 Å². The molecule has 3 heteroatoms. The Morgan fingerprint density at radius 3 is 2.55 bits per heavy atom. The van der Waals surface area contributed by atoms with Gasteiger partial charge in [-0.3, -0.25) is 0 Å². The second kappa shape index (κ2) is 3.22. The van der Waals surface area contributed by atoms with Gasteiger partial charge >= 0.3 is 0 Å². The number of aromatic nitrogens is 1. The minimum absolute atomic E-state index is 0.847. The zero-order valence-corrected chi connectivity index (χ0v) is 8.40. The first kappa shape index (κ1) is 8.53. The van der Waals surface area contributed by atoms with Crippen LogP contribution in [0.2, 0.25) is 0 Å². The summed E-state index contributed by atoms with van der Waals surface area (Å²) in [5, 5.41) is 0. The molecule has 0 saturated carbocycles. The molecule has 0 spiro atoms. The fourth-order valence-electron chi connectivity index (χ4n) is 1.01. The van der Waals surface area contributed by atoms with Crippen LogP contribution in [0.4, 0.5) is 0 Å². The molecule has 0 radical (unpaired) electrons. The summed E-state index contributed by atoms with van der Waals surface area (Å²) in [4.78, 5) is 4.12. The van der Waals surface area contributed by atoms with Gasteiger partial charge in [0, 0.05) is 17.3 Å². The van der Waals surface area contributed by atoms with Crippen LogP contribution in [-0.2, 0) is 0 Å². The van der Waals surface area contributed by atoms with Gasteiger partial charge < -0.3 is 4.74 Å². The van der Waals surface area contributed by atoms with Crippen molar-refractivity contribution in [3.63, 3.8) is 0 Å². The van der Waals surface area contributed by atoms with E-state index >= 15 is 0 Å². The van der Waals surface area contributed by atoms with Crippen molar-refractivity contribution >= 4 is 15.9 Å². The molecule has 0 amide bonds. The molecule has 1 aromatic rings. The van der Waals surface area contributed by atoms with E-state index < -0.39 is 0 Å². The zero-order valence-electron chi connectivity index (χ0n) is 6.81. The average Bonchev–Trinajstić information content (AvgIpc) is 1.99.